The number of benzene rings is 1. The zero-order valence-electron chi connectivity index (χ0n) is 20.2. The normalized spacial score (nSPS) is 15.9. The molecule has 0 bridgehead atoms. The van der Waals surface area contributed by atoms with Crippen molar-refractivity contribution in [1.29, 1.82) is 0 Å². The maximum Gasteiger partial charge on any atom is 0.303 e. The summed E-state index contributed by atoms with van der Waals surface area (Å²) < 4.78 is 5.40. The van der Waals surface area contributed by atoms with Gasteiger partial charge in [0, 0.05) is 21.9 Å². The van der Waals surface area contributed by atoms with E-state index in [1.165, 1.54) is 4.90 Å². The molecule has 0 aliphatic carbocycles. The first-order chi connectivity index (χ1) is 17.0. The molecule has 0 unspecified atom stereocenters. The summed E-state index contributed by atoms with van der Waals surface area (Å²) >= 11 is 10.2. The van der Waals surface area contributed by atoms with Crippen LogP contribution in [0, 0.1) is 5.41 Å². The van der Waals surface area contributed by atoms with Gasteiger partial charge in [0.2, 0.25) is 0 Å². The van der Waals surface area contributed by atoms with Crippen molar-refractivity contribution in [1.82, 2.24) is 9.88 Å². The number of carboxylic acids is 1. The number of piperidine rings is 1. The van der Waals surface area contributed by atoms with Crippen LogP contribution in [-0.4, -0.2) is 53.5 Å². The Morgan fingerprint density at radius 1 is 1.29 bits per heavy atom. The fraction of sp³-hybridized carbons (Fsp3) is 0.481. The Morgan fingerprint density at radius 2 is 2.11 bits per heavy atom. The number of aromatic nitrogens is 1. The Morgan fingerprint density at radius 3 is 2.83 bits per heavy atom. The number of nitrogens with zero attached hydrogens (tertiary/aromatic N) is 2. The van der Waals surface area contributed by atoms with Gasteiger partial charge in [0.05, 0.1) is 24.1 Å². The predicted octanol–water partition coefficient (Wildman–Crippen LogP) is 7.02. The summed E-state index contributed by atoms with van der Waals surface area (Å²) in [5.74, 6) is 1.22. The summed E-state index contributed by atoms with van der Waals surface area (Å²) in [5.41, 5.74) is 1.83. The summed E-state index contributed by atoms with van der Waals surface area (Å²) in [4.78, 5) is 20.1. The van der Waals surface area contributed by atoms with E-state index in [1.807, 2.05) is 30.0 Å². The summed E-state index contributed by atoms with van der Waals surface area (Å²) in [6, 6.07) is 8.03. The fourth-order valence-corrected chi connectivity index (χ4v) is 7.08. The molecule has 1 aromatic carbocycles. The Hall–Kier alpha value is -1.80. The van der Waals surface area contributed by atoms with Crippen LogP contribution < -0.4 is 4.74 Å². The van der Waals surface area contributed by atoms with E-state index in [0.717, 1.165) is 86.1 Å². The molecule has 3 heterocycles. The van der Waals surface area contributed by atoms with Crippen molar-refractivity contribution in [3.05, 3.63) is 51.8 Å². The third-order valence-electron chi connectivity index (χ3n) is 7.09. The molecule has 0 amide bonds. The van der Waals surface area contributed by atoms with Gasteiger partial charge in [-0.1, -0.05) is 11.6 Å². The Bertz CT molecular complexity index is 1120. The van der Waals surface area contributed by atoms with Gasteiger partial charge in [-0.05, 0) is 105 Å². The van der Waals surface area contributed by atoms with E-state index >= 15 is 0 Å². The lowest BCUT2D eigenvalue weighted by atomic mass is 9.72. The van der Waals surface area contributed by atoms with E-state index < -0.39 is 5.97 Å². The Labute approximate surface area is 220 Å². The largest absolute Gasteiger partial charge is 0.497 e. The number of ether oxygens (including phenoxy) is 1. The number of methoxy groups -OCH3 is 1. The van der Waals surface area contributed by atoms with E-state index in [4.69, 9.17) is 16.3 Å². The summed E-state index contributed by atoms with van der Waals surface area (Å²) in [6.07, 6.45) is 7.60. The van der Waals surface area contributed by atoms with Gasteiger partial charge in [0.25, 0.3) is 0 Å². The highest BCUT2D eigenvalue weighted by Crippen LogP contribution is 2.41. The van der Waals surface area contributed by atoms with Gasteiger partial charge in [0.15, 0.2) is 0 Å². The Kier molecular flexibility index (Phi) is 9.34. The first-order valence-corrected chi connectivity index (χ1v) is 14.5. The molecular formula is C27H33ClN2O3S2. The molecule has 0 spiro atoms. The highest BCUT2D eigenvalue weighted by atomic mass is 35.5. The first kappa shape index (κ1) is 26.3. The monoisotopic (exact) mass is 532 g/mol. The summed E-state index contributed by atoms with van der Waals surface area (Å²) in [5, 5.41) is 15.7. The lowest BCUT2D eigenvalue weighted by molar-refractivity contribution is -0.140. The number of rotatable bonds is 12. The number of fused-ring (bicyclic) bond motifs is 1. The zero-order valence-corrected chi connectivity index (χ0v) is 22.6. The minimum atomic E-state index is -0.692. The van der Waals surface area contributed by atoms with Crippen molar-refractivity contribution in [2.45, 2.75) is 49.8 Å². The molecule has 0 saturated carbocycles. The SMILES string of the molecule is COc1ccc2ncc(Cl)c(CCCC3(CC(=O)O)CCN(CCCSc4ccsc4)CC3)c2c1. The number of halogens is 1. The van der Waals surface area contributed by atoms with Gasteiger partial charge in [-0.25, -0.2) is 0 Å². The number of carboxylic acid groups (broad SMARTS) is 1. The van der Waals surface area contributed by atoms with E-state index in [1.54, 1.807) is 24.6 Å². The molecule has 0 radical (unpaired) electrons. The summed E-state index contributed by atoms with van der Waals surface area (Å²) in [6.45, 7) is 3.04. The van der Waals surface area contributed by atoms with Crippen molar-refractivity contribution >= 4 is 51.6 Å². The maximum atomic E-state index is 11.8. The molecule has 1 fully saturated rings. The van der Waals surface area contributed by atoms with Gasteiger partial charge in [-0.3, -0.25) is 9.78 Å². The third kappa shape index (κ3) is 7.13. The number of thioether (sulfide) groups is 1. The number of likely N-dealkylation sites (tertiary alicyclic amines) is 1. The highest BCUT2D eigenvalue weighted by molar-refractivity contribution is 7.99. The third-order valence-corrected chi connectivity index (χ3v) is 9.33. The van der Waals surface area contributed by atoms with Crippen molar-refractivity contribution in [3.8, 4) is 5.75 Å². The second-order valence-corrected chi connectivity index (χ2v) is 11.8. The molecule has 0 atom stereocenters. The summed E-state index contributed by atoms with van der Waals surface area (Å²) in [7, 11) is 1.66. The number of thiophene rings is 1. The molecule has 5 nitrogen and oxygen atoms in total. The van der Waals surface area contributed by atoms with E-state index in [2.05, 4.69) is 26.7 Å². The van der Waals surface area contributed by atoms with Gasteiger partial charge < -0.3 is 14.7 Å². The molecule has 1 aliphatic rings. The second-order valence-electron chi connectivity index (χ2n) is 9.39. The molecule has 1 N–H and O–H groups in total. The number of hydrogen-bond donors (Lipinski definition) is 1. The van der Waals surface area contributed by atoms with Crippen LogP contribution in [0.5, 0.6) is 5.75 Å². The van der Waals surface area contributed by atoms with Crippen LogP contribution in [0.25, 0.3) is 10.9 Å². The second kappa shape index (κ2) is 12.4. The predicted molar refractivity (Wildman–Crippen MR) is 146 cm³/mol. The topological polar surface area (TPSA) is 62.7 Å². The van der Waals surface area contributed by atoms with Crippen LogP contribution in [0.4, 0.5) is 0 Å². The molecule has 1 aliphatic heterocycles. The molecule has 8 heteroatoms. The van der Waals surface area contributed by atoms with Crippen LogP contribution in [0.1, 0.15) is 44.1 Å². The van der Waals surface area contributed by atoms with Crippen molar-refractivity contribution in [2.75, 3.05) is 32.5 Å². The van der Waals surface area contributed by atoms with Crippen LogP contribution in [0.2, 0.25) is 5.02 Å². The van der Waals surface area contributed by atoms with Crippen molar-refractivity contribution < 1.29 is 14.6 Å². The van der Waals surface area contributed by atoms with Crippen LogP contribution >= 0.6 is 34.7 Å². The number of pyridine rings is 1. The first-order valence-electron chi connectivity index (χ1n) is 12.2. The lowest BCUT2D eigenvalue weighted by Crippen LogP contribution is -2.41. The van der Waals surface area contributed by atoms with Crippen LogP contribution in [0.3, 0.4) is 0 Å². The smallest absolute Gasteiger partial charge is 0.303 e. The average Bonchev–Trinajstić information content (AvgIpc) is 3.37. The molecule has 188 valence electrons. The lowest BCUT2D eigenvalue weighted by Gasteiger charge is -2.41. The number of carbonyl (C=O) groups is 1. The number of aryl methyl sites for hydroxylation is 1. The van der Waals surface area contributed by atoms with Gasteiger partial charge in [-0.2, -0.15) is 11.3 Å². The van der Waals surface area contributed by atoms with E-state index in [0.29, 0.717) is 5.02 Å². The standard InChI is InChI=1S/C27H33ClN2O3S2/c1-33-20-5-6-25-23(16-20)22(24(28)18-29-25)4-2-8-27(17-26(31)32)9-12-30(13-10-27)11-3-14-35-21-7-15-34-19-21/h5-7,15-16,18-19H,2-4,8-14,17H2,1H3,(H,31,32). The molecule has 2 aromatic heterocycles. The van der Waals surface area contributed by atoms with Crippen molar-refractivity contribution in [2.24, 2.45) is 5.41 Å². The van der Waals surface area contributed by atoms with Gasteiger partial charge in [0.1, 0.15) is 5.75 Å². The quantitative estimate of drug-likeness (QED) is 0.200. The van der Waals surface area contributed by atoms with E-state index in [9.17, 15) is 9.90 Å². The minimum absolute atomic E-state index is 0.138. The molecule has 35 heavy (non-hydrogen) atoms. The Balaban J connectivity index is 1.32. The highest BCUT2D eigenvalue weighted by Gasteiger charge is 2.36. The molecule has 3 aromatic rings. The molecule has 4 rings (SSSR count). The zero-order chi connectivity index (χ0) is 24.7. The molecular weight excluding hydrogens is 500 g/mol. The minimum Gasteiger partial charge on any atom is -0.497 e. The van der Waals surface area contributed by atoms with E-state index in [-0.39, 0.29) is 11.8 Å². The fourth-order valence-electron chi connectivity index (χ4n) is 5.12. The number of aliphatic carboxylic acids is 1. The molecule has 1 saturated heterocycles. The average molecular weight is 533 g/mol. The van der Waals surface area contributed by atoms with Gasteiger partial charge >= 0.3 is 5.97 Å². The van der Waals surface area contributed by atoms with Crippen LogP contribution in [0.15, 0.2) is 46.1 Å². The number of hydrogen-bond acceptors (Lipinski definition) is 6. The van der Waals surface area contributed by atoms with Gasteiger partial charge in [-0.15, -0.1) is 11.8 Å². The van der Waals surface area contributed by atoms with Crippen molar-refractivity contribution in [3.63, 3.8) is 0 Å². The van der Waals surface area contributed by atoms with Crippen LogP contribution in [-0.2, 0) is 11.2 Å². The maximum absolute atomic E-state index is 11.8.